The van der Waals surface area contributed by atoms with Crippen LogP contribution in [0.15, 0.2) is 53.5 Å². The van der Waals surface area contributed by atoms with E-state index < -0.39 is 0 Å². The van der Waals surface area contributed by atoms with Gasteiger partial charge in [-0.1, -0.05) is 30.3 Å². The van der Waals surface area contributed by atoms with E-state index in [2.05, 4.69) is 44.9 Å². The Balaban J connectivity index is 1.39. The number of ether oxygens (including phenoxy) is 1. The maximum absolute atomic E-state index is 5.39. The Bertz CT molecular complexity index is 858. The number of benzene rings is 2. The molecule has 142 valence electrons. The second kappa shape index (κ2) is 9.92. The largest absolute Gasteiger partial charge is 0.496 e. The fraction of sp³-hybridized carbons (Fsp3) is 0.333. The minimum Gasteiger partial charge on any atom is -0.496 e. The molecule has 3 aromatic rings. The molecule has 0 radical (unpaired) electrons. The number of hydrogen-bond acceptors (Lipinski definition) is 4. The van der Waals surface area contributed by atoms with Crippen molar-refractivity contribution in [2.45, 2.75) is 19.3 Å². The molecule has 6 heteroatoms. The molecular weight excluding hydrogens is 356 g/mol. The molecule has 0 atom stereocenters. The lowest BCUT2D eigenvalue weighted by Crippen LogP contribution is -2.38. The number of guanidine groups is 1. The van der Waals surface area contributed by atoms with Crippen LogP contribution in [0, 0.1) is 0 Å². The quantitative estimate of drug-likeness (QED) is 0.355. The summed E-state index contributed by atoms with van der Waals surface area (Å²) in [5.74, 6) is 1.76. The summed E-state index contributed by atoms with van der Waals surface area (Å²) in [6, 6.07) is 16.4. The summed E-state index contributed by atoms with van der Waals surface area (Å²) < 4.78 is 6.65. The van der Waals surface area contributed by atoms with Gasteiger partial charge >= 0.3 is 0 Å². The molecular formula is C21H26N4OS. The van der Waals surface area contributed by atoms with Gasteiger partial charge in [0.15, 0.2) is 5.96 Å². The van der Waals surface area contributed by atoms with Gasteiger partial charge in [0.2, 0.25) is 0 Å². The van der Waals surface area contributed by atoms with Crippen LogP contribution in [0.1, 0.15) is 17.0 Å². The number of para-hydroxylation sites is 2. The van der Waals surface area contributed by atoms with Crippen LogP contribution in [0.25, 0.3) is 10.2 Å². The van der Waals surface area contributed by atoms with Crippen LogP contribution in [0.5, 0.6) is 5.75 Å². The molecule has 3 rings (SSSR count). The van der Waals surface area contributed by atoms with Gasteiger partial charge < -0.3 is 15.4 Å². The summed E-state index contributed by atoms with van der Waals surface area (Å²) in [6.45, 7) is 1.67. The summed E-state index contributed by atoms with van der Waals surface area (Å²) in [6.07, 6.45) is 2.88. The second-order valence-corrected chi connectivity index (χ2v) is 7.28. The van der Waals surface area contributed by atoms with Gasteiger partial charge in [0, 0.05) is 26.6 Å². The SMILES string of the molecule is CN=C(NCCCc1nc2ccccc2s1)NCCc1ccccc1OC. The Morgan fingerprint density at radius 3 is 2.63 bits per heavy atom. The summed E-state index contributed by atoms with van der Waals surface area (Å²) >= 11 is 1.78. The van der Waals surface area contributed by atoms with Crippen molar-refractivity contribution in [2.75, 3.05) is 27.2 Å². The Hall–Kier alpha value is -2.60. The molecule has 0 unspecified atom stereocenters. The molecule has 0 bridgehead atoms. The van der Waals surface area contributed by atoms with Crippen LogP contribution in [0.3, 0.4) is 0 Å². The van der Waals surface area contributed by atoms with Crippen LogP contribution < -0.4 is 15.4 Å². The number of aromatic nitrogens is 1. The van der Waals surface area contributed by atoms with Crippen molar-refractivity contribution >= 4 is 27.5 Å². The third-order valence-electron chi connectivity index (χ3n) is 4.30. The van der Waals surface area contributed by atoms with Crippen molar-refractivity contribution in [3.05, 3.63) is 59.1 Å². The van der Waals surface area contributed by atoms with Crippen LogP contribution in [0.4, 0.5) is 0 Å². The number of aliphatic imine (C=N–C) groups is 1. The number of fused-ring (bicyclic) bond motifs is 1. The molecule has 0 amide bonds. The smallest absolute Gasteiger partial charge is 0.190 e. The van der Waals surface area contributed by atoms with Gasteiger partial charge in [-0.15, -0.1) is 11.3 Å². The Kier molecular flexibility index (Phi) is 7.04. The zero-order valence-corrected chi connectivity index (χ0v) is 16.7. The molecule has 2 aromatic carbocycles. The Morgan fingerprint density at radius 2 is 1.81 bits per heavy atom. The molecule has 0 spiro atoms. The van der Waals surface area contributed by atoms with E-state index in [4.69, 9.17) is 4.74 Å². The number of rotatable bonds is 8. The minimum absolute atomic E-state index is 0.803. The molecule has 1 aromatic heterocycles. The van der Waals surface area contributed by atoms with Crippen molar-refractivity contribution in [2.24, 2.45) is 4.99 Å². The Labute approximate surface area is 164 Å². The van der Waals surface area contributed by atoms with Gasteiger partial charge in [0.25, 0.3) is 0 Å². The first-order valence-electron chi connectivity index (χ1n) is 9.21. The zero-order chi connectivity index (χ0) is 18.9. The maximum Gasteiger partial charge on any atom is 0.190 e. The second-order valence-electron chi connectivity index (χ2n) is 6.17. The topological polar surface area (TPSA) is 58.5 Å². The van der Waals surface area contributed by atoms with Gasteiger partial charge in [-0.25, -0.2) is 4.98 Å². The van der Waals surface area contributed by atoms with E-state index in [1.165, 1.54) is 15.3 Å². The zero-order valence-electron chi connectivity index (χ0n) is 15.9. The summed E-state index contributed by atoms with van der Waals surface area (Å²) in [7, 11) is 3.50. The lowest BCUT2D eigenvalue weighted by molar-refractivity contribution is 0.409. The fourth-order valence-electron chi connectivity index (χ4n) is 2.92. The molecule has 0 aliphatic rings. The standard InChI is InChI=1S/C21H26N4OS/c1-22-21(24-15-13-16-8-3-5-10-18(16)26-2)23-14-7-12-20-25-17-9-4-6-11-19(17)27-20/h3-6,8-11H,7,12-15H2,1-2H3,(H2,22,23,24). The highest BCUT2D eigenvalue weighted by Crippen LogP contribution is 2.22. The molecule has 5 nitrogen and oxygen atoms in total. The van der Waals surface area contributed by atoms with Crippen molar-refractivity contribution in [1.29, 1.82) is 0 Å². The molecule has 0 aliphatic carbocycles. The molecule has 27 heavy (non-hydrogen) atoms. The van der Waals surface area contributed by atoms with Gasteiger partial charge in [0.05, 0.1) is 22.3 Å². The van der Waals surface area contributed by atoms with E-state index in [0.717, 1.165) is 49.6 Å². The maximum atomic E-state index is 5.39. The highest BCUT2D eigenvalue weighted by Gasteiger charge is 2.04. The van der Waals surface area contributed by atoms with Crippen LogP contribution >= 0.6 is 11.3 Å². The van der Waals surface area contributed by atoms with Gasteiger partial charge in [0.1, 0.15) is 5.75 Å². The summed E-state index contributed by atoms with van der Waals surface area (Å²) in [4.78, 5) is 8.97. The minimum atomic E-state index is 0.803. The average molecular weight is 383 g/mol. The highest BCUT2D eigenvalue weighted by atomic mass is 32.1. The Morgan fingerprint density at radius 1 is 1.04 bits per heavy atom. The summed E-state index contributed by atoms with van der Waals surface area (Å²) in [5.41, 5.74) is 2.29. The lowest BCUT2D eigenvalue weighted by atomic mass is 10.1. The van der Waals surface area contributed by atoms with Gasteiger partial charge in [-0.2, -0.15) is 0 Å². The lowest BCUT2D eigenvalue weighted by Gasteiger charge is -2.12. The molecule has 0 saturated carbocycles. The van der Waals surface area contributed by atoms with Crippen molar-refractivity contribution in [1.82, 2.24) is 15.6 Å². The van der Waals surface area contributed by atoms with Crippen molar-refractivity contribution in [3.8, 4) is 5.75 Å². The van der Waals surface area contributed by atoms with Crippen LogP contribution in [-0.4, -0.2) is 38.2 Å². The molecule has 2 N–H and O–H groups in total. The van der Waals surface area contributed by atoms with Gasteiger partial charge in [-0.3, -0.25) is 4.99 Å². The first-order valence-corrected chi connectivity index (χ1v) is 10.0. The monoisotopic (exact) mass is 382 g/mol. The van der Waals surface area contributed by atoms with Gasteiger partial charge in [-0.05, 0) is 36.6 Å². The normalized spacial score (nSPS) is 11.6. The van der Waals surface area contributed by atoms with Crippen LogP contribution in [0.2, 0.25) is 0 Å². The van der Waals surface area contributed by atoms with Crippen LogP contribution in [-0.2, 0) is 12.8 Å². The summed E-state index contributed by atoms with van der Waals surface area (Å²) in [5, 5.41) is 7.92. The van der Waals surface area contributed by atoms with E-state index >= 15 is 0 Å². The third kappa shape index (κ3) is 5.44. The average Bonchev–Trinajstić information content (AvgIpc) is 3.13. The van der Waals surface area contributed by atoms with Crippen molar-refractivity contribution in [3.63, 3.8) is 0 Å². The number of methoxy groups -OCH3 is 1. The number of nitrogens with one attached hydrogen (secondary N) is 2. The van der Waals surface area contributed by atoms with Crippen molar-refractivity contribution < 1.29 is 4.74 Å². The molecule has 0 fully saturated rings. The van der Waals surface area contributed by atoms with E-state index in [-0.39, 0.29) is 0 Å². The third-order valence-corrected chi connectivity index (χ3v) is 5.40. The molecule has 0 saturated heterocycles. The highest BCUT2D eigenvalue weighted by molar-refractivity contribution is 7.18. The molecule has 0 aliphatic heterocycles. The number of nitrogens with zero attached hydrogens (tertiary/aromatic N) is 2. The van der Waals surface area contributed by atoms with E-state index in [1.807, 2.05) is 24.3 Å². The fourth-order valence-corrected chi connectivity index (χ4v) is 3.93. The number of aryl methyl sites for hydroxylation is 1. The first kappa shape index (κ1) is 19.2. The van der Waals surface area contributed by atoms with E-state index in [0.29, 0.717) is 0 Å². The number of thiazole rings is 1. The first-order chi connectivity index (χ1) is 13.3. The van der Waals surface area contributed by atoms with E-state index in [9.17, 15) is 0 Å². The predicted octanol–water partition coefficient (Wildman–Crippen LogP) is 3.65. The number of hydrogen-bond donors (Lipinski definition) is 2. The predicted molar refractivity (Wildman–Crippen MR) is 114 cm³/mol. The van der Waals surface area contributed by atoms with E-state index in [1.54, 1.807) is 25.5 Å². The molecule has 1 heterocycles.